The molecule has 1 unspecified atom stereocenters. The zero-order chi connectivity index (χ0) is 16.1. The lowest BCUT2D eigenvalue weighted by Crippen LogP contribution is -2.47. The summed E-state index contributed by atoms with van der Waals surface area (Å²) in [6.07, 6.45) is -1.47. The third-order valence-corrected chi connectivity index (χ3v) is 4.25. The van der Waals surface area contributed by atoms with Gasteiger partial charge in [-0.15, -0.1) is 0 Å². The summed E-state index contributed by atoms with van der Waals surface area (Å²) in [6, 6.07) is 7.18. The van der Waals surface area contributed by atoms with Crippen LogP contribution in [-0.2, 0) is 4.79 Å². The Bertz CT molecular complexity index is 475. The minimum Gasteiger partial charge on any atom is -0.343 e. The van der Waals surface area contributed by atoms with Gasteiger partial charge in [0.05, 0.1) is 5.92 Å². The smallest absolute Gasteiger partial charge is 0.262 e. The number of alkyl halides is 2. The van der Waals surface area contributed by atoms with Crippen LogP contribution in [0.4, 0.5) is 8.78 Å². The lowest BCUT2D eigenvalue weighted by atomic mass is 9.92. The molecule has 1 amide bonds. The Hall–Kier alpha value is -1.49. The van der Waals surface area contributed by atoms with Gasteiger partial charge < -0.3 is 10.2 Å². The highest BCUT2D eigenvalue weighted by atomic mass is 19.3. The molecule has 1 aromatic carbocycles. The van der Waals surface area contributed by atoms with Gasteiger partial charge in [-0.05, 0) is 31.0 Å². The highest BCUT2D eigenvalue weighted by Crippen LogP contribution is 2.23. The molecule has 0 aliphatic carbocycles. The van der Waals surface area contributed by atoms with Gasteiger partial charge in [0.2, 0.25) is 5.91 Å². The van der Waals surface area contributed by atoms with E-state index in [-0.39, 0.29) is 17.7 Å². The molecule has 0 saturated carbocycles. The van der Waals surface area contributed by atoms with Crippen molar-refractivity contribution in [3.8, 4) is 0 Å². The summed E-state index contributed by atoms with van der Waals surface area (Å²) in [6.45, 7) is 6.56. The molecule has 1 fully saturated rings. The lowest BCUT2D eigenvalue weighted by molar-refractivity contribution is -0.129. The molecule has 0 radical (unpaired) electrons. The molecule has 2 atom stereocenters. The third kappa shape index (κ3) is 4.26. The summed E-state index contributed by atoms with van der Waals surface area (Å²) >= 11 is 0. The van der Waals surface area contributed by atoms with E-state index in [0.29, 0.717) is 12.1 Å². The second-order valence-corrected chi connectivity index (χ2v) is 6.24. The normalized spacial score (nSPS) is 18.1. The topological polar surface area (TPSA) is 32.3 Å². The van der Waals surface area contributed by atoms with Crippen molar-refractivity contribution in [2.75, 3.05) is 19.6 Å². The number of carbonyl (C=O) groups excluding carboxylic acids is 1. The lowest BCUT2D eigenvalue weighted by Gasteiger charge is -2.35. The van der Waals surface area contributed by atoms with E-state index in [9.17, 15) is 13.6 Å². The zero-order valence-electron chi connectivity index (χ0n) is 13.1. The molecule has 0 spiro atoms. The van der Waals surface area contributed by atoms with Gasteiger partial charge in [0.25, 0.3) is 6.43 Å². The average molecular weight is 310 g/mol. The number of nitrogens with zero attached hydrogens (tertiary/aromatic N) is 1. The molecule has 1 aliphatic rings. The molecule has 1 saturated heterocycles. The molecule has 0 bridgehead atoms. The van der Waals surface area contributed by atoms with Crippen LogP contribution in [0.3, 0.4) is 0 Å². The van der Waals surface area contributed by atoms with Crippen LogP contribution in [0.15, 0.2) is 30.3 Å². The molecule has 122 valence electrons. The molecule has 1 N–H and O–H groups in total. The molecule has 1 aromatic rings. The first-order valence-corrected chi connectivity index (χ1v) is 7.85. The molecule has 2 rings (SSSR count). The monoisotopic (exact) mass is 310 g/mol. The summed E-state index contributed by atoms with van der Waals surface area (Å²) < 4.78 is 26.6. The average Bonchev–Trinajstić information content (AvgIpc) is 2.43. The quantitative estimate of drug-likeness (QED) is 0.839. The Labute approximate surface area is 130 Å². The van der Waals surface area contributed by atoms with Crippen molar-refractivity contribution in [1.82, 2.24) is 10.2 Å². The van der Waals surface area contributed by atoms with Gasteiger partial charge in [0.15, 0.2) is 0 Å². The molecule has 5 heteroatoms. The van der Waals surface area contributed by atoms with E-state index in [1.165, 1.54) is 0 Å². The Kier molecular flexibility index (Phi) is 5.89. The maximum absolute atomic E-state index is 13.3. The summed E-state index contributed by atoms with van der Waals surface area (Å²) in [4.78, 5) is 14.7. The van der Waals surface area contributed by atoms with Crippen LogP contribution >= 0.6 is 0 Å². The predicted octanol–water partition coefficient (Wildman–Crippen LogP) is 3.09. The number of hydrogen-bond donors (Lipinski definition) is 1. The fraction of sp³-hybridized carbons (Fsp3) is 0.588. The fourth-order valence-corrected chi connectivity index (χ4v) is 2.65. The van der Waals surface area contributed by atoms with Crippen LogP contribution in [0.2, 0.25) is 0 Å². The van der Waals surface area contributed by atoms with Gasteiger partial charge in [-0.25, -0.2) is 8.78 Å². The zero-order valence-corrected chi connectivity index (χ0v) is 13.1. The summed E-state index contributed by atoms with van der Waals surface area (Å²) in [5, 5.41) is 2.55. The van der Waals surface area contributed by atoms with Gasteiger partial charge in [0, 0.05) is 6.54 Å². The highest BCUT2D eigenvalue weighted by Gasteiger charge is 2.31. The van der Waals surface area contributed by atoms with Crippen molar-refractivity contribution < 1.29 is 13.6 Å². The number of likely N-dealkylation sites (tertiary alicyclic amines) is 1. The van der Waals surface area contributed by atoms with Crippen LogP contribution in [0.5, 0.6) is 0 Å². The summed E-state index contributed by atoms with van der Waals surface area (Å²) in [5.41, 5.74) is 0.442. The first-order valence-electron chi connectivity index (χ1n) is 7.85. The second kappa shape index (κ2) is 7.68. The van der Waals surface area contributed by atoms with Crippen LogP contribution in [-0.4, -0.2) is 36.9 Å². The van der Waals surface area contributed by atoms with Crippen molar-refractivity contribution in [3.63, 3.8) is 0 Å². The van der Waals surface area contributed by atoms with Crippen LogP contribution < -0.4 is 5.32 Å². The molecule has 3 nitrogen and oxygen atoms in total. The number of hydrogen-bond acceptors (Lipinski definition) is 2. The highest BCUT2D eigenvalue weighted by molar-refractivity contribution is 5.79. The van der Waals surface area contributed by atoms with E-state index >= 15 is 0 Å². The number of rotatable bonds is 7. The van der Waals surface area contributed by atoms with Crippen molar-refractivity contribution in [3.05, 3.63) is 35.9 Å². The number of amides is 1. The Morgan fingerprint density at radius 3 is 2.32 bits per heavy atom. The molecule has 1 aliphatic heterocycles. The maximum Gasteiger partial charge on any atom is 0.262 e. The van der Waals surface area contributed by atoms with E-state index in [0.717, 1.165) is 19.5 Å². The van der Waals surface area contributed by atoms with Crippen molar-refractivity contribution in [2.24, 2.45) is 11.8 Å². The number of carbonyl (C=O) groups is 1. The Morgan fingerprint density at radius 1 is 1.23 bits per heavy atom. The van der Waals surface area contributed by atoms with Crippen LogP contribution in [0, 0.1) is 11.8 Å². The maximum atomic E-state index is 13.3. The van der Waals surface area contributed by atoms with Crippen molar-refractivity contribution in [1.29, 1.82) is 0 Å². The van der Waals surface area contributed by atoms with Gasteiger partial charge in [-0.1, -0.05) is 44.2 Å². The van der Waals surface area contributed by atoms with E-state index in [2.05, 4.69) is 10.2 Å². The molecule has 0 aromatic heterocycles. The first-order chi connectivity index (χ1) is 10.5. The molecule has 1 heterocycles. The third-order valence-electron chi connectivity index (χ3n) is 4.25. The van der Waals surface area contributed by atoms with Gasteiger partial charge in [-0.3, -0.25) is 4.79 Å². The van der Waals surface area contributed by atoms with Crippen LogP contribution in [0.1, 0.15) is 31.9 Å². The van der Waals surface area contributed by atoms with Gasteiger partial charge >= 0.3 is 0 Å². The minimum absolute atomic E-state index is 0.120. The van der Waals surface area contributed by atoms with Crippen molar-refractivity contribution in [2.45, 2.75) is 32.7 Å². The Balaban J connectivity index is 2.05. The SMILES string of the molecule is CC(C)C(CN1CCC1)C(=O)N[C@@H](c1ccccc1)C(F)F. The second-order valence-electron chi connectivity index (χ2n) is 6.24. The first kappa shape index (κ1) is 16.9. The predicted molar refractivity (Wildman–Crippen MR) is 82.7 cm³/mol. The molecule has 22 heavy (non-hydrogen) atoms. The van der Waals surface area contributed by atoms with E-state index in [1.54, 1.807) is 30.3 Å². The standard InChI is InChI=1S/C17H24F2N2O/c1-12(2)14(11-21-9-6-10-21)17(22)20-15(16(18)19)13-7-4-3-5-8-13/h3-5,7-8,12,14-16H,6,9-11H2,1-2H3,(H,20,22)/t14?,15-/m0/s1. The van der Waals surface area contributed by atoms with E-state index in [4.69, 9.17) is 0 Å². The van der Waals surface area contributed by atoms with Crippen LogP contribution in [0.25, 0.3) is 0 Å². The number of halogens is 2. The number of benzene rings is 1. The summed E-state index contributed by atoms with van der Waals surface area (Å²) in [7, 11) is 0. The number of nitrogens with one attached hydrogen (secondary N) is 1. The largest absolute Gasteiger partial charge is 0.343 e. The molecular weight excluding hydrogens is 286 g/mol. The minimum atomic E-state index is -2.62. The van der Waals surface area contributed by atoms with Crippen molar-refractivity contribution >= 4 is 5.91 Å². The van der Waals surface area contributed by atoms with E-state index in [1.807, 2.05) is 13.8 Å². The van der Waals surface area contributed by atoms with Gasteiger partial charge in [-0.2, -0.15) is 0 Å². The van der Waals surface area contributed by atoms with Gasteiger partial charge in [0.1, 0.15) is 6.04 Å². The molecular formula is C17H24F2N2O. The fourth-order valence-electron chi connectivity index (χ4n) is 2.65. The van der Waals surface area contributed by atoms with E-state index < -0.39 is 12.5 Å². The summed E-state index contributed by atoms with van der Waals surface area (Å²) in [5.74, 6) is -0.420. The Morgan fingerprint density at radius 2 is 1.86 bits per heavy atom.